The molecule has 2 aliphatic rings. The van der Waals surface area contributed by atoms with Crippen molar-refractivity contribution in [2.24, 2.45) is 11.8 Å². The van der Waals surface area contributed by atoms with Crippen LogP contribution in [-0.2, 0) is 0 Å². The predicted octanol–water partition coefficient (Wildman–Crippen LogP) is 2.44. The van der Waals surface area contributed by atoms with Crippen molar-refractivity contribution in [2.75, 3.05) is 13.1 Å². The minimum absolute atomic E-state index is 0.172. The van der Waals surface area contributed by atoms with Gasteiger partial charge < -0.3 is 9.88 Å². The standard InChI is InChI=1S/C15H17N3O/c19-15(18-7-11-2-1-3-12(11)8-18)10-4-5-13-14(6-10)17-9-16-13/h4-6,9,11-12H,1-3,7-8H2,(H,16,17). The average molecular weight is 255 g/mol. The molecule has 1 aliphatic carbocycles. The number of rotatable bonds is 1. The third-order valence-corrected chi connectivity index (χ3v) is 4.68. The monoisotopic (exact) mass is 255 g/mol. The topological polar surface area (TPSA) is 49.0 Å². The maximum Gasteiger partial charge on any atom is 0.253 e. The molecule has 1 aliphatic heterocycles. The Balaban J connectivity index is 1.59. The Hall–Kier alpha value is -1.84. The number of carbonyl (C=O) groups excluding carboxylic acids is 1. The van der Waals surface area contributed by atoms with Gasteiger partial charge in [0.2, 0.25) is 0 Å². The van der Waals surface area contributed by atoms with Crippen LogP contribution < -0.4 is 0 Å². The van der Waals surface area contributed by atoms with E-state index in [4.69, 9.17) is 0 Å². The molecule has 98 valence electrons. The third kappa shape index (κ3) is 1.74. The summed E-state index contributed by atoms with van der Waals surface area (Å²) in [6, 6.07) is 5.72. The first-order valence-corrected chi connectivity index (χ1v) is 7.04. The number of hydrogen-bond acceptors (Lipinski definition) is 2. The molecule has 4 rings (SSSR count). The predicted molar refractivity (Wildman–Crippen MR) is 72.8 cm³/mol. The van der Waals surface area contributed by atoms with E-state index in [9.17, 15) is 4.79 Å². The van der Waals surface area contributed by atoms with E-state index in [1.165, 1.54) is 19.3 Å². The van der Waals surface area contributed by atoms with E-state index in [-0.39, 0.29) is 5.91 Å². The largest absolute Gasteiger partial charge is 0.345 e. The molecule has 1 aromatic heterocycles. The normalized spacial score (nSPS) is 26.0. The number of hydrogen-bond donors (Lipinski definition) is 1. The fourth-order valence-electron chi connectivity index (χ4n) is 3.65. The molecule has 0 spiro atoms. The lowest BCUT2D eigenvalue weighted by molar-refractivity contribution is 0.0781. The van der Waals surface area contributed by atoms with Crippen molar-refractivity contribution in [3.05, 3.63) is 30.1 Å². The Bertz CT molecular complexity index is 621. The van der Waals surface area contributed by atoms with Gasteiger partial charge in [0.1, 0.15) is 0 Å². The van der Waals surface area contributed by atoms with Crippen molar-refractivity contribution in [3.8, 4) is 0 Å². The number of amides is 1. The smallest absolute Gasteiger partial charge is 0.253 e. The summed E-state index contributed by atoms with van der Waals surface area (Å²) in [5, 5.41) is 0. The van der Waals surface area contributed by atoms with Gasteiger partial charge in [-0.1, -0.05) is 6.42 Å². The van der Waals surface area contributed by atoms with Crippen LogP contribution in [0.4, 0.5) is 0 Å². The highest BCUT2D eigenvalue weighted by Crippen LogP contribution is 2.38. The molecule has 2 fully saturated rings. The minimum Gasteiger partial charge on any atom is -0.345 e. The fourth-order valence-corrected chi connectivity index (χ4v) is 3.65. The first-order chi connectivity index (χ1) is 9.31. The molecule has 19 heavy (non-hydrogen) atoms. The molecule has 4 heteroatoms. The van der Waals surface area contributed by atoms with E-state index in [1.54, 1.807) is 6.33 Å². The summed E-state index contributed by atoms with van der Waals surface area (Å²) in [7, 11) is 0. The van der Waals surface area contributed by atoms with Gasteiger partial charge in [-0.25, -0.2) is 4.98 Å². The summed E-state index contributed by atoms with van der Waals surface area (Å²) in [5.74, 6) is 1.67. The summed E-state index contributed by atoms with van der Waals surface area (Å²) in [5.41, 5.74) is 2.62. The zero-order valence-corrected chi connectivity index (χ0v) is 10.8. The van der Waals surface area contributed by atoms with Gasteiger partial charge >= 0.3 is 0 Å². The van der Waals surface area contributed by atoms with E-state index in [1.807, 2.05) is 23.1 Å². The van der Waals surface area contributed by atoms with Gasteiger partial charge in [-0.15, -0.1) is 0 Å². The first kappa shape index (κ1) is 11.0. The summed E-state index contributed by atoms with van der Waals surface area (Å²) in [6.07, 6.45) is 5.61. The van der Waals surface area contributed by atoms with Gasteiger partial charge in [0.25, 0.3) is 5.91 Å². The van der Waals surface area contributed by atoms with Gasteiger partial charge in [0.15, 0.2) is 0 Å². The highest BCUT2D eigenvalue weighted by Gasteiger charge is 2.38. The zero-order valence-electron chi connectivity index (χ0n) is 10.8. The summed E-state index contributed by atoms with van der Waals surface area (Å²) in [6.45, 7) is 1.90. The van der Waals surface area contributed by atoms with Crippen molar-refractivity contribution in [3.63, 3.8) is 0 Å². The number of aromatic nitrogens is 2. The van der Waals surface area contributed by atoms with Gasteiger partial charge in [0.05, 0.1) is 17.4 Å². The maximum absolute atomic E-state index is 12.5. The SMILES string of the molecule is O=C(c1ccc2nc[nH]c2c1)N1CC2CCCC2C1. The molecule has 2 heterocycles. The molecular weight excluding hydrogens is 238 g/mol. The van der Waals surface area contributed by atoms with Gasteiger partial charge in [0, 0.05) is 18.7 Å². The molecule has 0 bridgehead atoms. The van der Waals surface area contributed by atoms with Crippen LogP contribution in [0.1, 0.15) is 29.6 Å². The van der Waals surface area contributed by atoms with Gasteiger partial charge in [-0.2, -0.15) is 0 Å². The number of carbonyl (C=O) groups is 1. The number of imidazole rings is 1. The van der Waals surface area contributed by atoms with Gasteiger partial charge in [-0.05, 0) is 42.9 Å². The summed E-state index contributed by atoms with van der Waals surface area (Å²) < 4.78 is 0. The van der Waals surface area contributed by atoms with Crippen LogP contribution in [0.15, 0.2) is 24.5 Å². The summed E-state index contributed by atoms with van der Waals surface area (Å²) >= 11 is 0. The van der Waals surface area contributed by atoms with Crippen LogP contribution >= 0.6 is 0 Å². The Kier molecular flexibility index (Phi) is 2.37. The Morgan fingerprint density at radius 3 is 2.84 bits per heavy atom. The van der Waals surface area contributed by atoms with Crippen LogP contribution in [0.5, 0.6) is 0 Å². The van der Waals surface area contributed by atoms with Crippen LogP contribution in [0, 0.1) is 11.8 Å². The molecule has 1 N–H and O–H groups in total. The molecule has 2 unspecified atom stereocenters. The van der Waals surface area contributed by atoms with E-state index in [0.29, 0.717) is 0 Å². The molecule has 1 saturated heterocycles. The van der Waals surface area contributed by atoms with E-state index in [2.05, 4.69) is 9.97 Å². The lowest BCUT2D eigenvalue weighted by atomic mass is 10.0. The molecule has 1 amide bonds. The second-order valence-electron chi connectivity index (χ2n) is 5.80. The number of aromatic amines is 1. The number of benzene rings is 1. The van der Waals surface area contributed by atoms with E-state index < -0.39 is 0 Å². The Morgan fingerprint density at radius 1 is 1.26 bits per heavy atom. The van der Waals surface area contributed by atoms with Crippen LogP contribution in [-0.4, -0.2) is 33.9 Å². The Morgan fingerprint density at radius 2 is 2.05 bits per heavy atom. The lowest BCUT2D eigenvalue weighted by Gasteiger charge is -2.17. The van der Waals surface area contributed by atoms with Crippen molar-refractivity contribution in [2.45, 2.75) is 19.3 Å². The van der Waals surface area contributed by atoms with Crippen LogP contribution in [0.3, 0.4) is 0 Å². The molecule has 1 aromatic carbocycles. The van der Waals surface area contributed by atoms with E-state index >= 15 is 0 Å². The van der Waals surface area contributed by atoms with Crippen molar-refractivity contribution in [1.29, 1.82) is 0 Å². The highest BCUT2D eigenvalue weighted by molar-refractivity contribution is 5.97. The van der Waals surface area contributed by atoms with Crippen molar-refractivity contribution < 1.29 is 4.79 Å². The number of H-pyrrole nitrogens is 1. The van der Waals surface area contributed by atoms with E-state index in [0.717, 1.165) is 41.5 Å². The number of likely N-dealkylation sites (tertiary alicyclic amines) is 1. The highest BCUT2D eigenvalue weighted by atomic mass is 16.2. The minimum atomic E-state index is 0.172. The zero-order chi connectivity index (χ0) is 12.8. The van der Waals surface area contributed by atoms with Crippen molar-refractivity contribution in [1.82, 2.24) is 14.9 Å². The maximum atomic E-state index is 12.5. The second-order valence-corrected chi connectivity index (χ2v) is 5.80. The van der Waals surface area contributed by atoms with Crippen molar-refractivity contribution >= 4 is 16.9 Å². The second kappa shape index (κ2) is 4.08. The van der Waals surface area contributed by atoms with Gasteiger partial charge in [-0.3, -0.25) is 4.79 Å². The number of nitrogens with zero attached hydrogens (tertiary/aromatic N) is 2. The molecule has 0 radical (unpaired) electrons. The molecular formula is C15H17N3O. The lowest BCUT2D eigenvalue weighted by Crippen LogP contribution is -2.29. The molecule has 4 nitrogen and oxygen atoms in total. The molecule has 2 aromatic rings. The summed E-state index contributed by atoms with van der Waals surface area (Å²) in [4.78, 5) is 21.8. The first-order valence-electron chi connectivity index (χ1n) is 7.04. The Labute approximate surface area is 111 Å². The molecule has 2 atom stereocenters. The quantitative estimate of drug-likeness (QED) is 0.850. The fraction of sp³-hybridized carbons (Fsp3) is 0.467. The third-order valence-electron chi connectivity index (χ3n) is 4.68. The van der Waals surface area contributed by atoms with Crippen LogP contribution in [0.25, 0.3) is 11.0 Å². The number of fused-ring (bicyclic) bond motifs is 2. The average Bonchev–Trinajstić information content (AvgIpc) is 3.11. The van der Waals surface area contributed by atoms with Crippen LogP contribution in [0.2, 0.25) is 0 Å². The molecule has 1 saturated carbocycles. The number of nitrogens with one attached hydrogen (secondary N) is 1.